The van der Waals surface area contributed by atoms with Gasteiger partial charge in [-0.25, -0.2) is 0 Å². The van der Waals surface area contributed by atoms with Crippen molar-refractivity contribution in [1.82, 2.24) is 0 Å². The lowest BCUT2D eigenvalue weighted by molar-refractivity contribution is -0.421. The van der Waals surface area contributed by atoms with E-state index in [1.807, 2.05) is 0 Å². The number of carbonyl (C=O) groups is 1. The van der Waals surface area contributed by atoms with Gasteiger partial charge >= 0.3 is 30.0 Å². The number of alkyl halides is 8. The van der Waals surface area contributed by atoms with Gasteiger partial charge in [0.05, 0.1) is 5.92 Å². The van der Waals surface area contributed by atoms with Gasteiger partial charge in [-0.15, -0.1) is 0 Å². The van der Waals surface area contributed by atoms with Crippen molar-refractivity contribution in [3.05, 3.63) is 0 Å². The van der Waals surface area contributed by atoms with Crippen molar-refractivity contribution in [1.29, 1.82) is 0 Å². The van der Waals surface area contributed by atoms with Crippen LogP contribution in [0.2, 0.25) is 0 Å². The smallest absolute Gasteiger partial charge is 0.440 e. The number of esters is 1. The van der Waals surface area contributed by atoms with Gasteiger partial charge in [0.1, 0.15) is 6.61 Å². The normalized spacial score (nSPS) is 34.1. The lowest BCUT2D eigenvalue weighted by atomic mass is 9.88. The van der Waals surface area contributed by atoms with Gasteiger partial charge in [0.25, 0.3) is 5.60 Å². The summed E-state index contributed by atoms with van der Waals surface area (Å²) in [6.45, 7) is -2.38. The third kappa shape index (κ3) is 2.86. The van der Waals surface area contributed by atoms with E-state index in [0.717, 1.165) is 0 Å². The monoisotopic (exact) mass is 386 g/mol. The van der Waals surface area contributed by atoms with E-state index in [-0.39, 0.29) is 12.8 Å². The first kappa shape index (κ1) is 20.1. The molecule has 1 saturated heterocycles. The molecule has 1 N–H and O–H groups in total. The van der Waals surface area contributed by atoms with E-state index >= 15 is 0 Å². The minimum atomic E-state index is -6.25. The number of carbonyl (C=O) groups excluding carboxylic acids is 1. The quantitative estimate of drug-likeness (QED) is 0.585. The molecule has 1 aliphatic carbocycles. The number of halogens is 8. The summed E-state index contributed by atoms with van der Waals surface area (Å²) in [5.41, 5.74) is -4.93. The first-order valence-electron chi connectivity index (χ1n) is 7.30. The second kappa shape index (κ2) is 5.93. The van der Waals surface area contributed by atoms with Crippen LogP contribution in [0, 0.1) is 5.92 Å². The Morgan fingerprint density at radius 2 is 1.52 bits per heavy atom. The highest BCUT2D eigenvalue weighted by Gasteiger charge is 2.90. The number of aliphatic hydroxyl groups is 1. The average molecular weight is 386 g/mol. The van der Waals surface area contributed by atoms with Gasteiger partial charge < -0.3 is 14.6 Å². The summed E-state index contributed by atoms with van der Waals surface area (Å²) < 4.78 is 113. The first-order valence-corrected chi connectivity index (χ1v) is 7.30. The van der Waals surface area contributed by atoms with Crippen LogP contribution in [0.25, 0.3) is 0 Å². The number of hydrogen-bond donors (Lipinski definition) is 1. The van der Waals surface area contributed by atoms with Gasteiger partial charge in [-0.05, 0) is 12.8 Å². The highest BCUT2D eigenvalue weighted by Crippen LogP contribution is 2.59. The first-order chi connectivity index (χ1) is 11.2. The Labute approximate surface area is 136 Å². The molecule has 1 saturated carbocycles. The second-order valence-electron chi connectivity index (χ2n) is 6.09. The van der Waals surface area contributed by atoms with E-state index in [1.54, 1.807) is 0 Å². The molecule has 0 bridgehead atoms. The molecule has 25 heavy (non-hydrogen) atoms. The zero-order chi connectivity index (χ0) is 19.3. The molecular formula is C13H14F8O4. The number of rotatable bonds is 2. The highest BCUT2D eigenvalue weighted by molar-refractivity contribution is 5.73. The molecule has 4 nitrogen and oxygen atoms in total. The zero-order valence-corrected chi connectivity index (χ0v) is 12.5. The third-order valence-electron chi connectivity index (χ3n) is 4.47. The predicted molar refractivity (Wildman–Crippen MR) is 63.4 cm³/mol. The zero-order valence-electron chi connectivity index (χ0n) is 12.5. The molecule has 0 amide bonds. The van der Waals surface area contributed by atoms with E-state index < -0.39 is 48.2 Å². The summed E-state index contributed by atoms with van der Waals surface area (Å²) in [5, 5.41) is 9.09. The van der Waals surface area contributed by atoms with Crippen molar-refractivity contribution in [2.45, 2.75) is 61.8 Å². The molecule has 0 aromatic heterocycles. The molecular weight excluding hydrogens is 372 g/mol. The van der Waals surface area contributed by atoms with Crippen LogP contribution in [0.4, 0.5) is 35.1 Å². The topological polar surface area (TPSA) is 55.8 Å². The summed E-state index contributed by atoms with van der Waals surface area (Å²) in [7, 11) is 0. The Kier molecular flexibility index (Phi) is 4.78. The summed E-state index contributed by atoms with van der Waals surface area (Å²) in [6, 6.07) is 0. The fourth-order valence-corrected chi connectivity index (χ4v) is 2.93. The largest absolute Gasteiger partial charge is 0.449 e. The van der Waals surface area contributed by atoms with Crippen LogP contribution in [-0.2, 0) is 14.3 Å². The molecule has 2 unspecified atom stereocenters. The minimum absolute atomic E-state index is 0.0722. The number of hydrogen-bond acceptors (Lipinski definition) is 4. The highest BCUT2D eigenvalue weighted by atomic mass is 19.4. The maximum Gasteiger partial charge on any atom is 0.449 e. The molecule has 0 radical (unpaired) electrons. The van der Waals surface area contributed by atoms with Crippen molar-refractivity contribution in [3.63, 3.8) is 0 Å². The molecule has 2 atom stereocenters. The molecule has 2 fully saturated rings. The van der Waals surface area contributed by atoms with E-state index in [4.69, 9.17) is 5.11 Å². The second-order valence-corrected chi connectivity index (χ2v) is 6.09. The molecule has 0 aromatic carbocycles. The molecule has 0 aromatic rings. The maximum absolute atomic E-state index is 14.1. The Bertz CT molecular complexity index is 525. The van der Waals surface area contributed by atoms with Gasteiger partial charge in [0.2, 0.25) is 0 Å². The van der Waals surface area contributed by atoms with E-state index in [0.29, 0.717) is 19.3 Å². The van der Waals surface area contributed by atoms with Gasteiger partial charge in [0, 0.05) is 0 Å². The maximum atomic E-state index is 14.1. The Balaban J connectivity index is 2.41. The molecule has 1 heterocycles. The molecule has 12 heteroatoms. The SMILES string of the molecule is O=C(OC1(C(F)(F)F)COC(O)(C(F)(F)F)C1(F)F)C1CCCCC1. The van der Waals surface area contributed by atoms with E-state index in [2.05, 4.69) is 9.47 Å². The summed E-state index contributed by atoms with van der Waals surface area (Å²) in [4.78, 5) is 11.9. The average Bonchev–Trinajstić information content (AvgIpc) is 2.69. The van der Waals surface area contributed by atoms with E-state index in [1.165, 1.54) is 0 Å². The number of ether oxygens (including phenoxy) is 2. The Morgan fingerprint density at radius 1 is 1.00 bits per heavy atom. The predicted octanol–water partition coefficient (Wildman–Crippen LogP) is 3.33. The summed E-state index contributed by atoms with van der Waals surface area (Å²) in [6.07, 6.45) is -10.7. The van der Waals surface area contributed by atoms with Gasteiger partial charge in [-0.2, -0.15) is 35.1 Å². The van der Waals surface area contributed by atoms with Crippen LogP contribution in [0.3, 0.4) is 0 Å². The van der Waals surface area contributed by atoms with Crippen LogP contribution >= 0.6 is 0 Å². The molecule has 2 aliphatic rings. The Morgan fingerprint density at radius 3 is 1.92 bits per heavy atom. The lowest BCUT2D eigenvalue weighted by Crippen LogP contribution is -2.69. The van der Waals surface area contributed by atoms with Gasteiger partial charge in [0.15, 0.2) is 0 Å². The van der Waals surface area contributed by atoms with Crippen molar-refractivity contribution in [3.8, 4) is 0 Å². The fraction of sp³-hybridized carbons (Fsp3) is 0.923. The van der Waals surface area contributed by atoms with Crippen LogP contribution in [0.1, 0.15) is 32.1 Å². The van der Waals surface area contributed by atoms with Crippen molar-refractivity contribution in [2.75, 3.05) is 6.61 Å². The molecule has 1 aliphatic heterocycles. The fourth-order valence-electron chi connectivity index (χ4n) is 2.93. The molecule has 2 rings (SSSR count). The lowest BCUT2D eigenvalue weighted by Gasteiger charge is -2.39. The molecule has 146 valence electrons. The van der Waals surface area contributed by atoms with Crippen LogP contribution in [0.5, 0.6) is 0 Å². The standard InChI is InChI=1S/C13H14F8O4/c14-10(15)9(12(16,17)18,6-24-11(10,23)13(19,20)21)25-8(22)7-4-2-1-3-5-7/h7,23H,1-6H2. The molecule has 0 spiro atoms. The minimum Gasteiger partial charge on any atom is -0.440 e. The summed E-state index contributed by atoms with van der Waals surface area (Å²) in [5.74, 6) is -14.3. The van der Waals surface area contributed by atoms with Crippen LogP contribution in [0.15, 0.2) is 0 Å². The van der Waals surface area contributed by atoms with Gasteiger partial charge in [-0.1, -0.05) is 19.3 Å². The van der Waals surface area contributed by atoms with Crippen LogP contribution < -0.4 is 0 Å². The van der Waals surface area contributed by atoms with E-state index in [9.17, 15) is 39.9 Å². The van der Waals surface area contributed by atoms with Gasteiger partial charge in [-0.3, -0.25) is 4.79 Å². The van der Waals surface area contributed by atoms with Crippen LogP contribution in [-0.4, -0.2) is 47.3 Å². The van der Waals surface area contributed by atoms with Crippen molar-refractivity contribution < 1.29 is 54.5 Å². The van der Waals surface area contributed by atoms with Crippen molar-refractivity contribution >= 4 is 5.97 Å². The van der Waals surface area contributed by atoms with Crippen molar-refractivity contribution in [2.24, 2.45) is 5.92 Å². The Hall–Kier alpha value is -1.17. The third-order valence-corrected chi connectivity index (χ3v) is 4.47. The summed E-state index contributed by atoms with van der Waals surface area (Å²) >= 11 is 0.